The van der Waals surface area contributed by atoms with Crippen LogP contribution in [0.3, 0.4) is 0 Å². The largest absolute Gasteiger partial charge is 0.340 e. The van der Waals surface area contributed by atoms with E-state index in [0.29, 0.717) is 17.0 Å². The highest BCUT2D eigenvalue weighted by atomic mass is 16.1. The first-order chi connectivity index (χ1) is 6.27. The summed E-state index contributed by atoms with van der Waals surface area (Å²) in [6.07, 6.45) is 1.46. The summed E-state index contributed by atoms with van der Waals surface area (Å²) in [6, 6.07) is 0. The van der Waals surface area contributed by atoms with Gasteiger partial charge in [0.05, 0.1) is 6.33 Å². The Labute approximate surface area is 72.6 Å². The molecule has 7 heteroatoms. The molecule has 0 aliphatic carbocycles. The maximum atomic E-state index is 10.7. The number of aromatic nitrogens is 5. The SMILES string of the molecule is CC(=O)Nc1nnnc2nc[nH]c12. The van der Waals surface area contributed by atoms with Gasteiger partial charge in [0.1, 0.15) is 5.52 Å². The van der Waals surface area contributed by atoms with Crippen molar-refractivity contribution < 1.29 is 4.79 Å². The third-order valence-electron chi connectivity index (χ3n) is 1.43. The Bertz CT molecular complexity index is 449. The van der Waals surface area contributed by atoms with Crippen molar-refractivity contribution in [3.63, 3.8) is 0 Å². The average molecular weight is 178 g/mol. The summed E-state index contributed by atoms with van der Waals surface area (Å²) in [7, 11) is 0. The van der Waals surface area contributed by atoms with E-state index in [1.54, 1.807) is 0 Å². The predicted molar refractivity (Wildman–Crippen MR) is 43.8 cm³/mol. The molecule has 13 heavy (non-hydrogen) atoms. The molecule has 0 fully saturated rings. The number of hydrogen-bond acceptors (Lipinski definition) is 5. The van der Waals surface area contributed by atoms with Gasteiger partial charge in [-0.3, -0.25) is 4.79 Å². The summed E-state index contributed by atoms with van der Waals surface area (Å²) in [6.45, 7) is 1.39. The number of anilines is 1. The monoisotopic (exact) mass is 178 g/mol. The van der Waals surface area contributed by atoms with Gasteiger partial charge < -0.3 is 10.3 Å². The molecule has 0 radical (unpaired) electrons. The van der Waals surface area contributed by atoms with Crippen molar-refractivity contribution in [1.82, 2.24) is 25.4 Å². The van der Waals surface area contributed by atoms with E-state index in [1.165, 1.54) is 13.3 Å². The number of nitrogens with zero attached hydrogens (tertiary/aromatic N) is 4. The highest BCUT2D eigenvalue weighted by Crippen LogP contribution is 2.12. The Balaban J connectivity index is 2.54. The minimum Gasteiger partial charge on any atom is -0.340 e. The molecular weight excluding hydrogens is 172 g/mol. The second-order valence-corrected chi connectivity index (χ2v) is 2.42. The molecule has 2 N–H and O–H groups in total. The summed E-state index contributed by atoms with van der Waals surface area (Å²) in [5.41, 5.74) is 1.00. The Hall–Kier alpha value is -2.05. The van der Waals surface area contributed by atoms with Crippen molar-refractivity contribution in [2.75, 3.05) is 5.32 Å². The first-order valence-corrected chi connectivity index (χ1v) is 3.57. The second kappa shape index (κ2) is 2.77. The number of carbonyl (C=O) groups is 1. The van der Waals surface area contributed by atoms with Crippen molar-refractivity contribution in [2.45, 2.75) is 6.92 Å². The lowest BCUT2D eigenvalue weighted by Gasteiger charge is -1.98. The molecule has 0 spiro atoms. The van der Waals surface area contributed by atoms with Crippen LogP contribution in [0, 0.1) is 0 Å². The molecule has 0 aliphatic rings. The fourth-order valence-electron chi connectivity index (χ4n) is 0.951. The van der Waals surface area contributed by atoms with Crippen LogP contribution in [0.15, 0.2) is 6.33 Å². The molecule has 2 aromatic rings. The summed E-state index contributed by atoms with van der Waals surface area (Å²) in [5.74, 6) is 0.131. The quantitative estimate of drug-likeness (QED) is 0.625. The van der Waals surface area contributed by atoms with E-state index in [1.807, 2.05) is 0 Å². The molecule has 0 unspecified atom stereocenters. The molecule has 0 aromatic carbocycles. The van der Waals surface area contributed by atoms with Crippen molar-refractivity contribution in [3.05, 3.63) is 6.33 Å². The number of nitrogens with one attached hydrogen (secondary N) is 2. The number of fused-ring (bicyclic) bond motifs is 1. The van der Waals surface area contributed by atoms with Gasteiger partial charge in [-0.2, -0.15) is 0 Å². The summed E-state index contributed by atoms with van der Waals surface area (Å²) < 4.78 is 0. The maximum Gasteiger partial charge on any atom is 0.222 e. The lowest BCUT2D eigenvalue weighted by Crippen LogP contribution is -2.09. The fourth-order valence-corrected chi connectivity index (χ4v) is 0.951. The van der Waals surface area contributed by atoms with Crippen molar-refractivity contribution in [3.8, 4) is 0 Å². The van der Waals surface area contributed by atoms with Gasteiger partial charge in [-0.05, 0) is 5.21 Å². The lowest BCUT2D eigenvalue weighted by molar-refractivity contribution is -0.114. The van der Waals surface area contributed by atoms with Gasteiger partial charge >= 0.3 is 0 Å². The molecule has 1 amide bonds. The van der Waals surface area contributed by atoms with Crippen molar-refractivity contribution in [1.29, 1.82) is 0 Å². The summed E-state index contributed by atoms with van der Waals surface area (Å²) in [5, 5.41) is 13.3. The fraction of sp³-hybridized carbons (Fsp3) is 0.167. The van der Waals surface area contributed by atoms with Crippen LogP contribution < -0.4 is 5.32 Å². The molecule has 66 valence electrons. The molecule has 0 saturated carbocycles. The number of hydrogen-bond donors (Lipinski definition) is 2. The molecule has 0 aliphatic heterocycles. The van der Waals surface area contributed by atoms with Crippen LogP contribution in [-0.2, 0) is 4.79 Å². The van der Waals surface area contributed by atoms with E-state index in [2.05, 4.69) is 30.7 Å². The van der Waals surface area contributed by atoms with Crippen LogP contribution in [0.25, 0.3) is 11.2 Å². The second-order valence-electron chi connectivity index (χ2n) is 2.42. The molecule has 2 heterocycles. The van der Waals surface area contributed by atoms with Crippen LogP contribution in [0.4, 0.5) is 5.82 Å². The van der Waals surface area contributed by atoms with Crippen LogP contribution in [0.1, 0.15) is 6.92 Å². The molecule has 0 atom stereocenters. The smallest absolute Gasteiger partial charge is 0.222 e. The minimum atomic E-state index is -0.212. The first-order valence-electron chi connectivity index (χ1n) is 3.57. The van der Waals surface area contributed by atoms with E-state index in [9.17, 15) is 4.79 Å². The van der Waals surface area contributed by atoms with Gasteiger partial charge in [-0.1, -0.05) is 0 Å². The average Bonchev–Trinajstić information content (AvgIpc) is 2.51. The Kier molecular flexibility index (Phi) is 1.62. The lowest BCUT2D eigenvalue weighted by atomic mass is 10.5. The number of H-pyrrole nitrogens is 1. The minimum absolute atomic E-state index is 0.212. The standard InChI is InChI=1S/C6H6N6O/c1-3(13)9-6-4-5(8-2-7-4)10-12-11-6/h2H,1H3,(H2,7,8,9,10,11,13). The zero-order valence-corrected chi connectivity index (χ0v) is 6.77. The molecule has 7 nitrogen and oxygen atoms in total. The normalized spacial score (nSPS) is 10.2. The van der Waals surface area contributed by atoms with Crippen LogP contribution in [0.5, 0.6) is 0 Å². The van der Waals surface area contributed by atoms with Crippen LogP contribution in [0.2, 0.25) is 0 Å². The molecule has 0 bridgehead atoms. The topological polar surface area (TPSA) is 96.5 Å². The Morgan fingerprint density at radius 2 is 2.38 bits per heavy atom. The van der Waals surface area contributed by atoms with E-state index in [-0.39, 0.29) is 5.91 Å². The number of aromatic amines is 1. The van der Waals surface area contributed by atoms with Gasteiger partial charge in [0.15, 0.2) is 5.82 Å². The Morgan fingerprint density at radius 1 is 1.54 bits per heavy atom. The maximum absolute atomic E-state index is 10.7. The van der Waals surface area contributed by atoms with E-state index < -0.39 is 0 Å². The van der Waals surface area contributed by atoms with E-state index in [0.717, 1.165) is 0 Å². The van der Waals surface area contributed by atoms with Gasteiger partial charge in [-0.25, -0.2) is 4.98 Å². The number of carbonyl (C=O) groups excluding carboxylic acids is 1. The Morgan fingerprint density at radius 3 is 3.15 bits per heavy atom. The summed E-state index contributed by atoms with van der Waals surface area (Å²) >= 11 is 0. The van der Waals surface area contributed by atoms with E-state index in [4.69, 9.17) is 0 Å². The molecule has 2 aromatic heterocycles. The van der Waals surface area contributed by atoms with E-state index >= 15 is 0 Å². The molecule has 2 rings (SSSR count). The van der Waals surface area contributed by atoms with Gasteiger partial charge in [-0.15, -0.1) is 10.2 Å². The number of rotatable bonds is 1. The van der Waals surface area contributed by atoms with Gasteiger partial charge in [0, 0.05) is 6.92 Å². The summed E-state index contributed by atoms with van der Waals surface area (Å²) in [4.78, 5) is 17.4. The van der Waals surface area contributed by atoms with Crippen LogP contribution >= 0.6 is 0 Å². The number of amides is 1. The third-order valence-corrected chi connectivity index (χ3v) is 1.43. The number of imidazole rings is 1. The highest BCUT2D eigenvalue weighted by molar-refractivity contribution is 5.94. The zero-order chi connectivity index (χ0) is 9.26. The first kappa shape index (κ1) is 7.59. The zero-order valence-electron chi connectivity index (χ0n) is 6.77. The van der Waals surface area contributed by atoms with Gasteiger partial charge in [0.2, 0.25) is 11.6 Å². The molecular formula is C6H6N6O. The van der Waals surface area contributed by atoms with Crippen molar-refractivity contribution >= 4 is 22.9 Å². The molecule has 0 saturated heterocycles. The van der Waals surface area contributed by atoms with Crippen molar-refractivity contribution in [2.24, 2.45) is 0 Å². The van der Waals surface area contributed by atoms with Crippen LogP contribution in [-0.4, -0.2) is 31.3 Å². The predicted octanol–water partition coefficient (Wildman–Crippen LogP) is -0.294. The van der Waals surface area contributed by atoms with Gasteiger partial charge in [0.25, 0.3) is 0 Å². The third kappa shape index (κ3) is 1.31. The highest BCUT2D eigenvalue weighted by Gasteiger charge is 2.07.